The first-order valence-corrected chi connectivity index (χ1v) is 10.8. The van der Waals surface area contributed by atoms with Crippen molar-refractivity contribution < 1.29 is 14.3 Å². The molecule has 0 aromatic heterocycles. The lowest BCUT2D eigenvalue weighted by atomic mass is 10.0. The van der Waals surface area contributed by atoms with Crippen LogP contribution in [0.15, 0.2) is 53.7 Å². The quantitative estimate of drug-likeness (QED) is 0.166. The topological polar surface area (TPSA) is 40.0 Å². The standard InChI is InChI=1S/C26H35NO3/c1-5-6-15-29-25-17-21(2)26(22(3)18-25)30-16-10-8-7-9-12-23-13-11-14-24(19-23)20-27-28-4/h5-6,11,13-14,17-20H,7-10,12,15-16H2,1-4H3/b6-5+,27-20+. The third-order valence-corrected chi connectivity index (χ3v) is 4.88. The number of rotatable bonds is 13. The van der Waals surface area contributed by atoms with E-state index in [1.165, 1.54) is 24.8 Å². The summed E-state index contributed by atoms with van der Waals surface area (Å²) in [5, 5.41) is 3.82. The summed E-state index contributed by atoms with van der Waals surface area (Å²) in [4.78, 5) is 4.74. The number of ether oxygens (including phenoxy) is 2. The molecule has 0 unspecified atom stereocenters. The molecule has 0 fully saturated rings. The molecule has 2 aromatic rings. The number of hydrogen-bond acceptors (Lipinski definition) is 4. The number of oxime groups is 1. The summed E-state index contributed by atoms with van der Waals surface area (Å²) in [6, 6.07) is 12.6. The van der Waals surface area contributed by atoms with Crippen LogP contribution in [0, 0.1) is 13.8 Å². The Morgan fingerprint density at radius 3 is 2.43 bits per heavy atom. The van der Waals surface area contributed by atoms with E-state index >= 15 is 0 Å². The monoisotopic (exact) mass is 409 g/mol. The van der Waals surface area contributed by atoms with E-state index < -0.39 is 0 Å². The molecule has 0 spiro atoms. The molecule has 0 saturated heterocycles. The SMILES string of the molecule is C/C=C/COc1cc(C)c(OCCCCCCc2cccc(/C=N/OC)c2)c(C)c1. The second-order valence-electron chi connectivity index (χ2n) is 7.44. The number of unbranched alkanes of at least 4 members (excludes halogenated alkanes) is 3. The number of aryl methyl sites for hydroxylation is 3. The lowest BCUT2D eigenvalue weighted by Gasteiger charge is -2.14. The van der Waals surface area contributed by atoms with Crippen LogP contribution in [-0.2, 0) is 11.3 Å². The molecule has 0 aliphatic heterocycles. The Bertz CT molecular complexity index is 804. The van der Waals surface area contributed by atoms with E-state index in [-0.39, 0.29) is 0 Å². The molecular formula is C26H35NO3. The van der Waals surface area contributed by atoms with Gasteiger partial charge in [-0.15, -0.1) is 0 Å². The van der Waals surface area contributed by atoms with Crippen molar-refractivity contribution in [2.75, 3.05) is 20.3 Å². The third kappa shape index (κ3) is 8.32. The number of allylic oxidation sites excluding steroid dienone is 1. The molecule has 2 rings (SSSR count). The van der Waals surface area contributed by atoms with Crippen LogP contribution in [-0.4, -0.2) is 26.5 Å². The fourth-order valence-corrected chi connectivity index (χ4v) is 3.36. The van der Waals surface area contributed by atoms with Gasteiger partial charge in [0.25, 0.3) is 0 Å². The van der Waals surface area contributed by atoms with Crippen LogP contribution < -0.4 is 9.47 Å². The molecule has 0 heterocycles. The minimum atomic E-state index is 0.598. The number of hydrogen-bond donors (Lipinski definition) is 0. The lowest BCUT2D eigenvalue weighted by molar-refractivity contribution is 0.215. The van der Waals surface area contributed by atoms with Crippen molar-refractivity contribution in [3.05, 3.63) is 70.8 Å². The van der Waals surface area contributed by atoms with Crippen molar-refractivity contribution >= 4 is 6.21 Å². The van der Waals surface area contributed by atoms with Gasteiger partial charge >= 0.3 is 0 Å². The number of benzene rings is 2. The Kier molecular flexibility index (Phi) is 10.6. The van der Waals surface area contributed by atoms with E-state index in [1.807, 2.05) is 25.1 Å². The van der Waals surface area contributed by atoms with Gasteiger partial charge in [-0.2, -0.15) is 0 Å². The normalized spacial score (nSPS) is 11.3. The Morgan fingerprint density at radius 1 is 0.933 bits per heavy atom. The van der Waals surface area contributed by atoms with Crippen LogP contribution in [0.1, 0.15) is 54.9 Å². The molecule has 0 amide bonds. The van der Waals surface area contributed by atoms with Crippen LogP contribution in [0.5, 0.6) is 11.5 Å². The van der Waals surface area contributed by atoms with Crippen molar-refractivity contribution in [1.82, 2.24) is 0 Å². The molecular weight excluding hydrogens is 374 g/mol. The van der Waals surface area contributed by atoms with E-state index in [9.17, 15) is 0 Å². The minimum Gasteiger partial charge on any atom is -0.493 e. The maximum absolute atomic E-state index is 6.07. The Balaban J connectivity index is 1.67. The van der Waals surface area contributed by atoms with E-state index in [1.54, 1.807) is 13.3 Å². The van der Waals surface area contributed by atoms with Crippen molar-refractivity contribution in [1.29, 1.82) is 0 Å². The highest BCUT2D eigenvalue weighted by molar-refractivity contribution is 5.79. The van der Waals surface area contributed by atoms with Crippen molar-refractivity contribution in [3.63, 3.8) is 0 Å². The third-order valence-electron chi connectivity index (χ3n) is 4.88. The molecule has 4 heteroatoms. The Hall–Kier alpha value is -2.75. The molecule has 0 aliphatic rings. The summed E-state index contributed by atoms with van der Waals surface area (Å²) in [5.41, 5.74) is 4.67. The first-order valence-electron chi connectivity index (χ1n) is 10.8. The van der Waals surface area contributed by atoms with Crippen molar-refractivity contribution in [2.24, 2.45) is 5.16 Å². The first kappa shape index (κ1) is 23.5. The average Bonchev–Trinajstić information content (AvgIpc) is 2.73. The maximum Gasteiger partial charge on any atom is 0.125 e. The van der Waals surface area contributed by atoms with Crippen molar-refractivity contribution in [3.8, 4) is 11.5 Å². The molecule has 0 bridgehead atoms. The van der Waals surface area contributed by atoms with Gasteiger partial charge < -0.3 is 14.3 Å². The zero-order valence-corrected chi connectivity index (χ0v) is 18.8. The van der Waals surface area contributed by atoms with Gasteiger partial charge in [0.05, 0.1) is 12.8 Å². The molecule has 162 valence electrons. The van der Waals surface area contributed by atoms with E-state index in [0.717, 1.165) is 47.6 Å². The molecule has 0 N–H and O–H groups in total. The Labute approximate surface area is 181 Å². The fourth-order valence-electron chi connectivity index (χ4n) is 3.36. The van der Waals surface area contributed by atoms with Gasteiger partial charge in [0.2, 0.25) is 0 Å². The van der Waals surface area contributed by atoms with E-state index in [2.05, 4.69) is 49.3 Å². The molecule has 0 saturated carbocycles. The highest BCUT2D eigenvalue weighted by atomic mass is 16.6. The molecule has 2 aromatic carbocycles. The van der Waals surface area contributed by atoms with Gasteiger partial charge in [0.15, 0.2) is 0 Å². The second kappa shape index (κ2) is 13.5. The smallest absolute Gasteiger partial charge is 0.125 e. The summed E-state index contributed by atoms with van der Waals surface area (Å²) in [5.74, 6) is 1.89. The van der Waals surface area contributed by atoms with Crippen LogP contribution in [0.4, 0.5) is 0 Å². The lowest BCUT2D eigenvalue weighted by Crippen LogP contribution is -2.02. The minimum absolute atomic E-state index is 0.598. The number of nitrogens with zero attached hydrogens (tertiary/aromatic N) is 1. The van der Waals surface area contributed by atoms with E-state index in [4.69, 9.17) is 14.3 Å². The van der Waals surface area contributed by atoms with Gasteiger partial charge in [-0.3, -0.25) is 0 Å². The van der Waals surface area contributed by atoms with Gasteiger partial charge in [0.1, 0.15) is 25.2 Å². The largest absolute Gasteiger partial charge is 0.493 e. The summed E-state index contributed by atoms with van der Waals surface area (Å²) in [7, 11) is 1.56. The van der Waals surface area contributed by atoms with Crippen LogP contribution in [0.2, 0.25) is 0 Å². The second-order valence-corrected chi connectivity index (χ2v) is 7.44. The molecule has 30 heavy (non-hydrogen) atoms. The predicted octanol–water partition coefficient (Wildman–Crippen LogP) is 6.42. The zero-order valence-electron chi connectivity index (χ0n) is 18.8. The van der Waals surface area contributed by atoms with Crippen LogP contribution in [0.3, 0.4) is 0 Å². The van der Waals surface area contributed by atoms with Gasteiger partial charge in [-0.05, 0) is 74.4 Å². The van der Waals surface area contributed by atoms with Gasteiger partial charge in [-0.1, -0.05) is 54.4 Å². The zero-order chi connectivity index (χ0) is 21.6. The summed E-state index contributed by atoms with van der Waals surface area (Å²) in [6.45, 7) is 7.50. The molecule has 0 radical (unpaired) electrons. The summed E-state index contributed by atoms with van der Waals surface area (Å²) < 4.78 is 11.8. The van der Waals surface area contributed by atoms with E-state index in [0.29, 0.717) is 6.61 Å². The summed E-state index contributed by atoms with van der Waals surface area (Å²) >= 11 is 0. The van der Waals surface area contributed by atoms with Crippen molar-refractivity contribution in [2.45, 2.75) is 52.9 Å². The average molecular weight is 410 g/mol. The maximum atomic E-state index is 6.07. The first-order chi connectivity index (χ1) is 14.6. The van der Waals surface area contributed by atoms with Crippen LogP contribution in [0.25, 0.3) is 0 Å². The molecule has 0 atom stereocenters. The van der Waals surface area contributed by atoms with Gasteiger partial charge in [0, 0.05) is 0 Å². The Morgan fingerprint density at radius 2 is 1.70 bits per heavy atom. The fraction of sp³-hybridized carbons (Fsp3) is 0.423. The highest BCUT2D eigenvalue weighted by Crippen LogP contribution is 2.28. The predicted molar refractivity (Wildman–Crippen MR) is 125 cm³/mol. The molecule has 0 aliphatic carbocycles. The summed E-state index contributed by atoms with van der Waals surface area (Å²) in [6.07, 6.45) is 11.4. The highest BCUT2D eigenvalue weighted by Gasteiger charge is 2.07. The molecule has 4 nitrogen and oxygen atoms in total. The van der Waals surface area contributed by atoms with Gasteiger partial charge in [-0.25, -0.2) is 0 Å². The van der Waals surface area contributed by atoms with Crippen LogP contribution >= 0.6 is 0 Å².